The number of hydrogen-bond donors (Lipinski definition) is 0. The molecular weight excluding hydrogens is 391 g/mol. The van der Waals surface area contributed by atoms with E-state index in [0.717, 1.165) is 11.5 Å². The zero-order valence-corrected chi connectivity index (χ0v) is 18.7. The highest BCUT2D eigenvalue weighted by atomic mass is 32.2. The molecule has 0 fully saturated rings. The van der Waals surface area contributed by atoms with Gasteiger partial charge in [-0.15, -0.1) is 10.2 Å². The van der Waals surface area contributed by atoms with E-state index in [1.807, 2.05) is 46.4 Å². The van der Waals surface area contributed by atoms with Gasteiger partial charge in [0.15, 0.2) is 16.8 Å². The van der Waals surface area contributed by atoms with Gasteiger partial charge in [-0.25, -0.2) is 4.39 Å². The van der Waals surface area contributed by atoms with E-state index in [4.69, 9.17) is 4.52 Å². The average Bonchev–Trinajstić information content (AvgIpc) is 3.29. The summed E-state index contributed by atoms with van der Waals surface area (Å²) in [6.45, 7) is 10.2. The molecule has 29 heavy (non-hydrogen) atoms. The third-order valence-electron chi connectivity index (χ3n) is 4.63. The largest absolute Gasteiger partial charge is 0.338 e. The molecule has 0 unspecified atom stereocenters. The quantitative estimate of drug-likeness (QED) is 0.543. The molecule has 156 valence electrons. The van der Waals surface area contributed by atoms with Crippen LogP contribution in [0.1, 0.15) is 63.4 Å². The maximum absolute atomic E-state index is 13.5. The second-order valence-corrected chi connectivity index (χ2v) is 9.57. The van der Waals surface area contributed by atoms with Gasteiger partial charge in [0.1, 0.15) is 5.82 Å². The van der Waals surface area contributed by atoms with Crippen LogP contribution >= 0.6 is 11.8 Å². The third-order valence-corrected chi connectivity index (χ3v) is 5.66. The molecule has 0 saturated carbocycles. The first-order valence-corrected chi connectivity index (χ1v) is 10.3. The van der Waals surface area contributed by atoms with Crippen molar-refractivity contribution in [2.75, 3.05) is 14.1 Å². The molecule has 0 amide bonds. The lowest BCUT2D eigenvalue weighted by Gasteiger charge is -2.20. The summed E-state index contributed by atoms with van der Waals surface area (Å²) in [6, 6.07) is 6.34. The lowest BCUT2D eigenvalue weighted by molar-refractivity contribution is 0.305. The van der Waals surface area contributed by atoms with Crippen molar-refractivity contribution in [3.05, 3.63) is 47.6 Å². The van der Waals surface area contributed by atoms with Gasteiger partial charge in [0.05, 0.1) is 11.3 Å². The van der Waals surface area contributed by atoms with E-state index in [1.165, 1.54) is 23.9 Å². The monoisotopic (exact) mass is 418 g/mol. The van der Waals surface area contributed by atoms with Crippen LogP contribution in [0, 0.1) is 5.82 Å². The molecule has 0 N–H and O–H groups in total. The Morgan fingerprint density at radius 1 is 1.10 bits per heavy atom. The Bertz CT molecular complexity index is 960. The maximum Gasteiger partial charge on any atom is 0.239 e. The van der Waals surface area contributed by atoms with Crippen LogP contribution in [0.2, 0.25) is 0 Å². The fraction of sp³-hybridized carbons (Fsp3) is 0.500. The zero-order valence-electron chi connectivity index (χ0n) is 17.8. The highest BCUT2D eigenvalue weighted by Crippen LogP contribution is 2.36. The number of nitrogens with zero attached hydrogens (tertiary/aromatic N) is 6. The van der Waals surface area contributed by atoms with Crippen LogP contribution in [0.4, 0.5) is 4.39 Å². The van der Waals surface area contributed by atoms with E-state index in [1.54, 1.807) is 12.1 Å². The predicted octanol–water partition coefficient (Wildman–Crippen LogP) is 4.56. The molecule has 2 heterocycles. The number of aromatic nitrogens is 5. The lowest BCUT2D eigenvalue weighted by Crippen LogP contribution is -2.20. The molecular formula is C20H27FN6OS. The van der Waals surface area contributed by atoms with Gasteiger partial charge in [0.2, 0.25) is 5.89 Å². The minimum atomic E-state index is -0.285. The van der Waals surface area contributed by atoms with Crippen molar-refractivity contribution in [3.63, 3.8) is 0 Å². The van der Waals surface area contributed by atoms with E-state index < -0.39 is 0 Å². The second kappa shape index (κ2) is 8.23. The van der Waals surface area contributed by atoms with Gasteiger partial charge in [-0.1, -0.05) is 37.7 Å². The fourth-order valence-electron chi connectivity index (χ4n) is 2.61. The smallest absolute Gasteiger partial charge is 0.239 e. The summed E-state index contributed by atoms with van der Waals surface area (Å²) >= 11 is 1.48. The summed E-state index contributed by atoms with van der Waals surface area (Å²) < 4.78 is 20.9. The van der Waals surface area contributed by atoms with Gasteiger partial charge in [-0.05, 0) is 52.2 Å². The number of thioether (sulfide) groups is 1. The Morgan fingerprint density at radius 2 is 1.76 bits per heavy atom. The molecule has 0 aliphatic rings. The number of benzene rings is 1. The fourth-order valence-corrected chi connectivity index (χ4v) is 3.51. The van der Waals surface area contributed by atoms with Crippen LogP contribution in [-0.2, 0) is 5.41 Å². The standard InChI is InChI=1S/C20H27FN6OS/c1-12(26(6)7)16-23-24-19(27(16)15-10-8-14(21)9-11-15)29-13(2)17-22-18(25-28-17)20(3,4)5/h8-13H,1-7H3/t12-,13+/m0/s1. The summed E-state index contributed by atoms with van der Waals surface area (Å²) in [5.41, 5.74) is 0.616. The Kier molecular flexibility index (Phi) is 6.09. The second-order valence-electron chi connectivity index (χ2n) is 8.26. The molecule has 7 nitrogen and oxygen atoms in total. The Balaban J connectivity index is 1.96. The maximum atomic E-state index is 13.5. The normalized spacial score (nSPS) is 14.4. The van der Waals surface area contributed by atoms with Crippen molar-refractivity contribution in [2.45, 2.75) is 56.5 Å². The van der Waals surface area contributed by atoms with Crippen LogP contribution in [0.3, 0.4) is 0 Å². The van der Waals surface area contributed by atoms with Gasteiger partial charge >= 0.3 is 0 Å². The average molecular weight is 419 g/mol. The Hall–Kier alpha value is -2.26. The van der Waals surface area contributed by atoms with Crippen LogP contribution in [0.15, 0.2) is 33.9 Å². The molecule has 9 heteroatoms. The summed E-state index contributed by atoms with van der Waals surface area (Å²) in [5.74, 6) is 1.70. The molecule has 0 spiro atoms. The SMILES string of the molecule is C[C@@H](Sc1nnc([C@H](C)N(C)C)n1-c1ccc(F)cc1)c1nc(C(C)(C)C)no1. The van der Waals surface area contributed by atoms with Crippen LogP contribution in [0.25, 0.3) is 5.69 Å². The lowest BCUT2D eigenvalue weighted by atomic mass is 9.96. The van der Waals surface area contributed by atoms with Crippen molar-refractivity contribution >= 4 is 11.8 Å². The molecule has 3 rings (SSSR count). The van der Waals surface area contributed by atoms with Crippen molar-refractivity contribution in [1.82, 2.24) is 29.8 Å². The molecule has 2 atom stereocenters. The van der Waals surface area contributed by atoms with Crippen LogP contribution in [-0.4, -0.2) is 43.9 Å². The predicted molar refractivity (Wildman–Crippen MR) is 111 cm³/mol. The summed E-state index contributed by atoms with van der Waals surface area (Å²) in [7, 11) is 3.96. The summed E-state index contributed by atoms with van der Waals surface area (Å²) in [6.07, 6.45) is 0. The Labute approximate surface area is 174 Å². The molecule has 3 aromatic rings. The van der Waals surface area contributed by atoms with E-state index in [0.29, 0.717) is 16.9 Å². The first kappa shape index (κ1) is 21.4. The molecule has 0 bridgehead atoms. The molecule has 0 saturated heterocycles. The minimum absolute atomic E-state index is 0.0214. The van der Waals surface area contributed by atoms with E-state index >= 15 is 0 Å². The topological polar surface area (TPSA) is 72.9 Å². The molecule has 2 aromatic heterocycles. The van der Waals surface area contributed by atoms with Crippen LogP contribution < -0.4 is 0 Å². The molecule has 1 aromatic carbocycles. The first-order chi connectivity index (χ1) is 13.6. The van der Waals surface area contributed by atoms with Gasteiger partial charge in [-0.2, -0.15) is 4.98 Å². The van der Waals surface area contributed by atoms with Crippen LogP contribution in [0.5, 0.6) is 0 Å². The van der Waals surface area contributed by atoms with Crippen molar-refractivity contribution in [3.8, 4) is 5.69 Å². The summed E-state index contributed by atoms with van der Waals surface area (Å²) in [5, 5.41) is 13.5. The minimum Gasteiger partial charge on any atom is -0.338 e. The van der Waals surface area contributed by atoms with Gasteiger partial charge in [0, 0.05) is 11.1 Å². The van der Waals surface area contributed by atoms with Crippen molar-refractivity contribution in [1.29, 1.82) is 0 Å². The van der Waals surface area contributed by atoms with Gasteiger partial charge in [-0.3, -0.25) is 9.47 Å². The number of hydrogen-bond acceptors (Lipinski definition) is 7. The summed E-state index contributed by atoms with van der Waals surface area (Å²) in [4.78, 5) is 6.60. The van der Waals surface area contributed by atoms with Crippen molar-refractivity contribution in [2.24, 2.45) is 0 Å². The Morgan fingerprint density at radius 3 is 2.31 bits per heavy atom. The highest BCUT2D eigenvalue weighted by molar-refractivity contribution is 7.99. The van der Waals surface area contributed by atoms with E-state index in [9.17, 15) is 4.39 Å². The molecule has 0 radical (unpaired) electrons. The third kappa shape index (κ3) is 4.67. The molecule has 0 aliphatic carbocycles. The zero-order chi connectivity index (χ0) is 21.3. The highest BCUT2D eigenvalue weighted by Gasteiger charge is 2.27. The van der Waals surface area contributed by atoms with Crippen molar-refractivity contribution < 1.29 is 8.91 Å². The van der Waals surface area contributed by atoms with Gasteiger partial charge < -0.3 is 4.52 Å². The van der Waals surface area contributed by atoms with Gasteiger partial charge in [0.25, 0.3) is 0 Å². The van der Waals surface area contributed by atoms with E-state index in [-0.39, 0.29) is 22.5 Å². The number of rotatable bonds is 6. The first-order valence-electron chi connectivity index (χ1n) is 9.46. The molecule has 0 aliphatic heterocycles. The van der Waals surface area contributed by atoms with E-state index in [2.05, 4.69) is 32.2 Å². The number of halogens is 1.